The van der Waals surface area contributed by atoms with Crippen molar-refractivity contribution in [2.45, 2.75) is 25.9 Å². The smallest absolute Gasteiger partial charge is 0.325 e. The van der Waals surface area contributed by atoms with Gasteiger partial charge in [0.2, 0.25) is 5.91 Å². The van der Waals surface area contributed by atoms with E-state index in [0.29, 0.717) is 5.56 Å². The first-order valence-electron chi connectivity index (χ1n) is 7.87. The molecular formula is C17H17FN4O3S. The number of halogens is 1. The number of benzene rings is 1. The van der Waals surface area contributed by atoms with E-state index >= 15 is 0 Å². The van der Waals surface area contributed by atoms with Crippen molar-refractivity contribution in [3.05, 3.63) is 51.7 Å². The lowest BCUT2D eigenvalue weighted by Gasteiger charge is -2.22. The van der Waals surface area contributed by atoms with Gasteiger partial charge in [-0.25, -0.2) is 14.2 Å². The van der Waals surface area contributed by atoms with Crippen LogP contribution in [0.4, 0.5) is 9.18 Å². The molecule has 7 nitrogen and oxygen atoms in total. The summed E-state index contributed by atoms with van der Waals surface area (Å²) in [5.74, 6) is -1.47. The Kier molecular flexibility index (Phi) is 4.73. The third kappa shape index (κ3) is 3.43. The van der Waals surface area contributed by atoms with Gasteiger partial charge in [0.25, 0.3) is 5.91 Å². The van der Waals surface area contributed by atoms with Crippen molar-refractivity contribution in [1.82, 2.24) is 20.5 Å². The van der Waals surface area contributed by atoms with Crippen LogP contribution in [-0.4, -0.2) is 34.3 Å². The number of amides is 4. The van der Waals surface area contributed by atoms with Gasteiger partial charge in [-0.05, 0) is 31.5 Å². The lowest BCUT2D eigenvalue weighted by Crippen LogP contribution is -2.43. The van der Waals surface area contributed by atoms with Gasteiger partial charge in [0.1, 0.15) is 22.9 Å². The third-order valence-corrected chi connectivity index (χ3v) is 5.07. The molecule has 1 aliphatic heterocycles. The first-order chi connectivity index (χ1) is 12.3. The zero-order valence-corrected chi connectivity index (χ0v) is 15.0. The van der Waals surface area contributed by atoms with Crippen LogP contribution in [0, 0.1) is 12.7 Å². The fourth-order valence-electron chi connectivity index (χ4n) is 2.68. The standard InChI is InChI=1S/C17H17FN4O3S/c1-10-9-26-14(20-10)7-19-13(23)8-22-15(24)17(2,21-16(22)25)11-3-5-12(18)6-4-11/h3-6,9H,7-8H2,1-2H3,(H,19,23)(H,21,25). The Labute approximate surface area is 153 Å². The summed E-state index contributed by atoms with van der Waals surface area (Å²) in [5.41, 5.74) is -0.0286. The van der Waals surface area contributed by atoms with Crippen molar-refractivity contribution in [3.8, 4) is 0 Å². The summed E-state index contributed by atoms with van der Waals surface area (Å²) in [6.45, 7) is 3.21. The molecule has 1 aromatic heterocycles. The van der Waals surface area contributed by atoms with E-state index < -0.39 is 35.7 Å². The van der Waals surface area contributed by atoms with E-state index in [9.17, 15) is 18.8 Å². The highest BCUT2D eigenvalue weighted by Crippen LogP contribution is 2.28. The van der Waals surface area contributed by atoms with E-state index in [-0.39, 0.29) is 6.54 Å². The Morgan fingerprint density at radius 3 is 2.65 bits per heavy atom. The van der Waals surface area contributed by atoms with Crippen molar-refractivity contribution < 1.29 is 18.8 Å². The second-order valence-corrected chi connectivity index (χ2v) is 7.06. The SMILES string of the molecule is Cc1csc(CNC(=O)CN2C(=O)NC(C)(c3ccc(F)cc3)C2=O)n1. The minimum Gasteiger partial charge on any atom is -0.348 e. The van der Waals surface area contributed by atoms with Gasteiger partial charge in [-0.1, -0.05) is 12.1 Å². The van der Waals surface area contributed by atoms with Crippen LogP contribution in [-0.2, 0) is 21.7 Å². The second kappa shape index (κ2) is 6.83. The second-order valence-electron chi connectivity index (χ2n) is 6.11. The van der Waals surface area contributed by atoms with Crippen LogP contribution in [0.1, 0.15) is 23.2 Å². The highest BCUT2D eigenvalue weighted by Gasteiger charge is 2.49. The van der Waals surface area contributed by atoms with Gasteiger partial charge in [-0.15, -0.1) is 11.3 Å². The van der Waals surface area contributed by atoms with Gasteiger partial charge in [-0.2, -0.15) is 0 Å². The molecule has 0 spiro atoms. The van der Waals surface area contributed by atoms with Gasteiger partial charge < -0.3 is 10.6 Å². The monoisotopic (exact) mass is 376 g/mol. The number of carbonyl (C=O) groups is 3. The molecular weight excluding hydrogens is 359 g/mol. The number of hydrogen-bond donors (Lipinski definition) is 2. The highest BCUT2D eigenvalue weighted by atomic mass is 32.1. The van der Waals surface area contributed by atoms with Crippen LogP contribution in [0.5, 0.6) is 0 Å². The minimum atomic E-state index is -1.34. The molecule has 1 aliphatic rings. The van der Waals surface area contributed by atoms with E-state index in [0.717, 1.165) is 15.6 Å². The van der Waals surface area contributed by atoms with Crippen molar-refractivity contribution in [1.29, 1.82) is 0 Å². The zero-order valence-electron chi connectivity index (χ0n) is 14.2. The summed E-state index contributed by atoms with van der Waals surface area (Å²) >= 11 is 1.42. The maximum absolute atomic E-state index is 13.1. The van der Waals surface area contributed by atoms with E-state index in [2.05, 4.69) is 15.6 Å². The number of nitrogens with one attached hydrogen (secondary N) is 2. The Morgan fingerprint density at radius 1 is 1.35 bits per heavy atom. The Bertz CT molecular complexity index is 867. The van der Waals surface area contributed by atoms with Gasteiger partial charge in [0, 0.05) is 11.1 Å². The van der Waals surface area contributed by atoms with Gasteiger partial charge in [0.15, 0.2) is 0 Å². The summed E-state index contributed by atoms with van der Waals surface area (Å²) in [5, 5.41) is 7.82. The summed E-state index contributed by atoms with van der Waals surface area (Å²) < 4.78 is 13.1. The average Bonchev–Trinajstić information content (AvgIpc) is 3.11. The quantitative estimate of drug-likeness (QED) is 0.777. The molecule has 1 fully saturated rings. The Balaban J connectivity index is 1.66. The fraction of sp³-hybridized carbons (Fsp3) is 0.294. The van der Waals surface area contributed by atoms with E-state index in [4.69, 9.17) is 0 Å². The lowest BCUT2D eigenvalue weighted by atomic mass is 9.92. The van der Waals surface area contributed by atoms with Gasteiger partial charge >= 0.3 is 6.03 Å². The van der Waals surface area contributed by atoms with E-state index in [1.165, 1.54) is 42.5 Å². The van der Waals surface area contributed by atoms with Crippen LogP contribution in [0.2, 0.25) is 0 Å². The predicted octanol–water partition coefficient (Wildman–Crippen LogP) is 1.67. The maximum Gasteiger partial charge on any atom is 0.325 e. The average molecular weight is 376 g/mol. The van der Waals surface area contributed by atoms with Gasteiger partial charge in [0.05, 0.1) is 6.54 Å². The Hall–Kier alpha value is -2.81. The summed E-state index contributed by atoms with van der Waals surface area (Å²) in [7, 11) is 0. The van der Waals surface area contributed by atoms with Crippen molar-refractivity contribution in [3.63, 3.8) is 0 Å². The number of nitrogens with zero attached hydrogens (tertiary/aromatic N) is 2. The van der Waals surface area contributed by atoms with Crippen LogP contribution in [0.25, 0.3) is 0 Å². The topological polar surface area (TPSA) is 91.4 Å². The number of aromatic nitrogens is 1. The lowest BCUT2D eigenvalue weighted by molar-refractivity contribution is -0.134. The molecule has 0 saturated carbocycles. The van der Waals surface area contributed by atoms with Crippen LogP contribution >= 0.6 is 11.3 Å². The van der Waals surface area contributed by atoms with Crippen molar-refractivity contribution >= 4 is 29.2 Å². The molecule has 1 unspecified atom stereocenters. The molecule has 4 amide bonds. The Morgan fingerprint density at radius 2 is 2.04 bits per heavy atom. The van der Waals surface area contributed by atoms with Crippen LogP contribution in [0.3, 0.4) is 0 Å². The first-order valence-corrected chi connectivity index (χ1v) is 8.75. The molecule has 9 heteroatoms. The van der Waals surface area contributed by atoms with Crippen LogP contribution in [0.15, 0.2) is 29.6 Å². The normalized spacial score (nSPS) is 19.6. The van der Waals surface area contributed by atoms with E-state index in [1.807, 2.05) is 12.3 Å². The van der Waals surface area contributed by atoms with Crippen molar-refractivity contribution in [2.24, 2.45) is 0 Å². The first kappa shape index (κ1) is 18.0. The number of urea groups is 1. The predicted molar refractivity (Wildman–Crippen MR) is 92.7 cm³/mol. The molecule has 0 aliphatic carbocycles. The van der Waals surface area contributed by atoms with Crippen molar-refractivity contribution in [2.75, 3.05) is 6.54 Å². The summed E-state index contributed by atoms with van der Waals surface area (Å²) in [4.78, 5) is 42.1. The molecule has 1 aromatic carbocycles. The molecule has 136 valence electrons. The molecule has 26 heavy (non-hydrogen) atoms. The zero-order chi connectivity index (χ0) is 18.9. The van der Waals surface area contributed by atoms with Crippen LogP contribution < -0.4 is 10.6 Å². The summed E-state index contributed by atoms with van der Waals surface area (Å²) in [6, 6.07) is 4.63. The largest absolute Gasteiger partial charge is 0.348 e. The fourth-order valence-corrected chi connectivity index (χ4v) is 3.39. The maximum atomic E-state index is 13.1. The third-order valence-electron chi connectivity index (χ3n) is 4.10. The molecule has 3 rings (SSSR count). The molecule has 1 saturated heterocycles. The number of rotatable bonds is 5. The molecule has 1 atom stereocenters. The molecule has 2 N–H and O–H groups in total. The summed E-state index contributed by atoms with van der Waals surface area (Å²) in [6.07, 6.45) is 0. The van der Waals surface area contributed by atoms with E-state index in [1.54, 1.807) is 0 Å². The minimum absolute atomic E-state index is 0.232. The molecule has 0 bridgehead atoms. The van der Waals surface area contributed by atoms with Gasteiger partial charge in [-0.3, -0.25) is 14.5 Å². The number of imide groups is 1. The molecule has 2 aromatic rings. The number of aryl methyl sites for hydroxylation is 1. The highest BCUT2D eigenvalue weighted by molar-refractivity contribution is 7.09. The number of hydrogen-bond acceptors (Lipinski definition) is 5. The number of carbonyl (C=O) groups excluding carboxylic acids is 3. The molecule has 0 radical (unpaired) electrons. The molecule has 2 heterocycles. The number of thiazole rings is 1.